The fourth-order valence-electron chi connectivity index (χ4n) is 1.90. The van der Waals surface area contributed by atoms with E-state index in [0.717, 1.165) is 11.9 Å². The van der Waals surface area contributed by atoms with Gasteiger partial charge in [0.15, 0.2) is 15.6 Å². The van der Waals surface area contributed by atoms with E-state index in [9.17, 15) is 13.2 Å². The molecule has 0 saturated heterocycles. The van der Waals surface area contributed by atoms with Gasteiger partial charge in [0.25, 0.3) is 0 Å². The SMILES string of the molecule is CC(=O)c1ccc(S(C)(=O)=O)c(NCCc2cscn2)c1. The van der Waals surface area contributed by atoms with Gasteiger partial charge in [-0.2, -0.15) is 0 Å². The van der Waals surface area contributed by atoms with Crippen molar-refractivity contribution < 1.29 is 13.2 Å². The molecule has 5 nitrogen and oxygen atoms in total. The Hall–Kier alpha value is -1.73. The van der Waals surface area contributed by atoms with Gasteiger partial charge in [0.2, 0.25) is 0 Å². The number of hydrogen-bond donors (Lipinski definition) is 1. The first-order valence-electron chi connectivity index (χ1n) is 6.34. The molecule has 0 aliphatic carbocycles. The van der Waals surface area contributed by atoms with Gasteiger partial charge in [0, 0.05) is 30.2 Å². The predicted octanol–water partition coefficient (Wildman–Crippen LogP) is 2.40. The van der Waals surface area contributed by atoms with Crippen LogP contribution in [0.1, 0.15) is 23.0 Å². The Morgan fingerprint density at radius 2 is 2.14 bits per heavy atom. The van der Waals surface area contributed by atoms with Crippen LogP contribution in [0.4, 0.5) is 5.69 Å². The maximum atomic E-state index is 11.8. The number of ketones is 1. The summed E-state index contributed by atoms with van der Waals surface area (Å²) in [6.45, 7) is 2.00. The van der Waals surface area contributed by atoms with Crippen LogP contribution < -0.4 is 5.32 Å². The van der Waals surface area contributed by atoms with Gasteiger partial charge in [-0.25, -0.2) is 13.4 Å². The van der Waals surface area contributed by atoms with Crippen LogP contribution in [-0.4, -0.2) is 32.0 Å². The van der Waals surface area contributed by atoms with E-state index in [0.29, 0.717) is 24.2 Å². The normalized spacial score (nSPS) is 11.3. The molecule has 7 heteroatoms. The highest BCUT2D eigenvalue weighted by Gasteiger charge is 2.15. The van der Waals surface area contributed by atoms with Gasteiger partial charge < -0.3 is 5.32 Å². The lowest BCUT2D eigenvalue weighted by molar-refractivity contribution is 0.101. The molecule has 0 radical (unpaired) electrons. The van der Waals surface area contributed by atoms with Crippen LogP contribution >= 0.6 is 11.3 Å². The highest BCUT2D eigenvalue weighted by molar-refractivity contribution is 7.90. The van der Waals surface area contributed by atoms with Gasteiger partial charge in [-0.3, -0.25) is 4.79 Å². The molecule has 0 fully saturated rings. The molecule has 1 aromatic heterocycles. The predicted molar refractivity (Wildman–Crippen MR) is 83.9 cm³/mol. The maximum Gasteiger partial charge on any atom is 0.177 e. The second-order valence-corrected chi connectivity index (χ2v) is 7.40. The van der Waals surface area contributed by atoms with Crippen molar-refractivity contribution in [3.63, 3.8) is 0 Å². The number of nitrogens with zero attached hydrogens (tertiary/aromatic N) is 1. The number of carbonyl (C=O) groups excluding carboxylic acids is 1. The lowest BCUT2D eigenvalue weighted by Crippen LogP contribution is -2.10. The summed E-state index contributed by atoms with van der Waals surface area (Å²) in [5.74, 6) is -0.0994. The molecular formula is C14H16N2O3S2. The van der Waals surface area contributed by atoms with Crippen molar-refractivity contribution in [2.45, 2.75) is 18.2 Å². The van der Waals surface area contributed by atoms with E-state index in [4.69, 9.17) is 0 Å². The molecule has 0 aliphatic rings. The van der Waals surface area contributed by atoms with Gasteiger partial charge in [-0.1, -0.05) is 0 Å². The minimum atomic E-state index is -3.35. The van der Waals surface area contributed by atoms with Crippen LogP contribution in [0.15, 0.2) is 34.0 Å². The van der Waals surface area contributed by atoms with Gasteiger partial charge >= 0.3 is 0 Å². The average Bonchev–Trinajstić information content (AvgIpc) is 2.90. The molecule has 0 bridgehead atoms. The van der Waals surface area contributed by atoms with Gasteiger partial charge in [0.1, 0.15) is 0 Å². The molecule has 1 heterocycles. The fraction of sp³-hybridized carbons (Fsp3) is 0.286. The smallest absolute Gasteiger partial charge is 0.177 e. The molecule has 0 spiro atoms. The summed E-state index contributed by atoms with van der Waals surface area (Å²) in [6.07, 6.45) is 1.85. The summed E-state index contributed by atoms with van der Waals surface area (Å²) in [5, 5.41) is 5.04. The lowest BCUT2D eigenvalue weighted by Gasteiger charge is -2.11. The first kappa shape index (κ1) is 15.7. The van der Waals surface area contributed by atoms with Crippen molar-refractivity contribution in [1.29, 1.82) is 0 Å². The lowest BCUT2D eigenvalue weighted by atomic mass is 10.1. The molecule has 0 amide bonds. The Morgan fingerprint density at radius 3 is 2.71 bits per heavy atom. The molecule has 0 unspecified atom stereocenters. The zero-order valence-corrected chi connectivity index (χ0v) is 13.4. The number of sulfone groups is 1. The minimum Gasteiger partial charge on any atom is -0.384 e. The quantitative estimate of drug-likeness (QED) is 0.826. The molecule has 0 aliphatic heterocycles. The highest BCUT2D eigenvalue weighted by Crippen LogP contribution is 2.23. The van der Waals surface area contributed by atoms with Crippen molar-refractivity contribution in [2.24, 2.45) is 0 Å². The zero-order chi connectivity index (χ0) is 15.5. The van der Waals surface area contributed by atoms with Crippen LogP contribution in [0.25, 0.3) is 0 Å². The average molecular weight is 324 g/mol. The summed E-state index contributed by atoms with van der Waals surface area (Å²) in [6, 6.07) is 4.58. The van der Waals surface area contributed by atoms with E-state index < -0.39 is 9.84 Å². The van der Waals surface area contributed by atoms with Gasteiger partial charge in [-0.15, -0.1) is 11.3 Å². The second-order valence-electron chi connectivity index (χ2n) is 4.70. The van der Waals surface area contributed by atoms with Crippen molar-refractivity contribution in [2.75, 3.05) is 18.1 Å². The zero-order valence-electron chi connectivity index (χ0n) is 11.8. The number of thiazole rings is 1. The largest absolute Gasteiger partial charge is 0.384 e. The molecule has 1 aromatic carbocycles. The molecule has 1 N–H and O–H groups in total. The van der Waals surface area contributed by atoms with Crippen LogP contribution in [0.2, 0.25) is 0 Å². The molecule has 2 aromatic rings. The van der Waals surface area contributed by atoms with E-state index in [2.05, 4.69) is 10.3 Å². The number of carbonyl (C=O) groups is 1. The summed E-state index contributed by atoms with van der Waals surface area (Å²) < 4.78 is 23.6. The van der Waals surface area contributed by atoms with Crippen molar-refractivity contribution >= 4 is 32.6 Å². The van der Waals surface area contributed by atoms with Crippen LogP contribution in [-0.2, 0) is 16.3 Å². The first-order chi connectivity index (χ1) is 9.88. The third-order valence-electron chi connectivity index (χ3n) is 2.97. The van der Waals surface area contributed by atoms with Crippen LogP contribution in [0, 0.1) is 0 Å². The summed E-state index contributed by atoms with van der Waals surface area (Å²) in [7, 11) is -3.35. The number of aromatic nitrogens is 1. The number of Topliss-reactive ketones (excluding diaryl/α,β-unsaturated/α-hetero) is 1. The van der Waals surface area contributed by atoms with Crippen LogP contribution in [0.5, 0.6) is 0 Å². The van der Waals surface area contributed by atoms with E-state index >= 15 is 0 Å². The number of benzene rings is 1. The molecule has 21 heavy (non-hydrogen) atoms. The number of nitrogens with one attached hydrogen (secondary N) is 1. The first-order valence-corrected chi connectivity index (χ1v) is 9.17. The van der Waals surface area contributed by atoms with Crippen molar-refractivity contribution in [3.05, 3.63) is 40.3 Å². The minimum absolute atomic E-state index is 0.0994. The van der Waals surface area contributed by atoms with Crippen molar-refractivity contribution in [3.8, 4) is 0 Å². The Morgan fingerprint density at radius 1 is 1.38 bits per heavy atom. The Kier molecular flexibility index (Phi) is 4.74. The third-order valence-corrected chi connectivity index (χ3v) is 4.76. The van der Waals surface area contributed by atoms with Gasteiger partial charge in [-0.05, 0) is 25.1 Å². The molecule has 0 atom stereocenters. The van der Waals surface area contributed by atoms with E-state index in [1.54, 1.807) is 11.6 Å². The molecular weight excluding hydrogens is 308 g/mol. The second kappa shape index (κ2) is 6.36. The molecule has 2 rings (SSSR count). The van der Waals surface area contributed by atoms with Crippen molar-refractivity contribution in [1.82, 2.24) is 4.98 Å². The molecule has 112 valence electrons. The Labute approximate surface area is 128 Å². The number of hydrogen-bond acceptors (Lipinski definition) is 6. The monoisotopic (exact) mass is 324 g/mol. The summed E-state index contributed by atoms with van der Waals surface area (Å²) in [4.78, 5) is 15.8. The topological polar surface area (TPSA) is 76.1 Å². The number of rotatable bonds is 6. The van der Waals surface area contributed by atoms with E-state index in [1.807, 2.05) is 5.38 Å². The van der Waals surface area contributed by atoms with Gasteiger partial charge in [0.05, 0.1) is 21.8 Å². The standard InChI is InChI=1S/C14H16N2O3S2/c1-10(17)11-3-4-14(21(2,18)19)13(7-11)15-6-5-12-8-20-9-16-12/h3-4,7-9,15H,5-6H2,1-2H3. The van der Waals surface area contributed by atoms with E-state index in [1.165, 1.54) is 30.4 Å². The third kappa shape index (κ3) is 4.12. The van der Waals surface area contributed by atoms with E-state index in [-0.39, 0.29) is 10.7 Å². The summed E-state index contributed by atoms with van der Waals surface area (Å²) in [5.41, 5.74) is 3.66. The van der Waals surface area contributed by atoms with Crippen LogP contribution in [0.3, 0.4) is 0 Å². The maximum absolute atomic E-state index is 11.8. The molecule has 0 saturated carbocycles. The summed E-state index contributed by atoms with van der Waals surface area (Å²) >= 11 is 1.52. The number of anilines is 1. The Balaban J connectivity index is 2.22. The Bertz CT molecular complexity index is 738. The highest BCUT2D eigenvalue weighted by atomic mass is 32.2. The fourth-order valence-corrected chi connectivity index (χ4v) is 3.34.